The van der Waals surface area contributed by atoms with Gasteiger partial charge in [-0.2, -0.15) is 0 Å². The van der Waals surface area contributed by atoms with Gasteiger partial charge in [0.2, 0.25) is 17.7 Å². The molecule has 6 N–H and O–H groups in total. The van der Waals surface area contributed by atoms with Gasteiger partial charge in [-0.25, -0.2) is 0 Å². The van der Waals surface area contributed by atoms with Gasteiger partial charge in [0.1, 0.15) is 12.1 Å². The van der Waals surface area contributed by atoms with E-state index in [0.29, 0.717) is 19.4 Å². The maximum absolute atomic E-state index is 12.2. The van der Waals surface area contributed by atoms with Crippen molar-refractivity contribution in [1.82, 2.24) is 10.6 Å². The van der Waals surface area contributed by atoms with E-state index in [-0.39, 0.29) is 17.7 Å². The van der Waals surface area contributed by atoms with Crippen molar-refractivity contribution in [1.29, 1.82) is 0 Å². The predicted molar refractivity (Wildman–Crippen MR) is 81.1 cm³/mol. The molecule has 0 heterocycles. The molecule has 0 unspecified atom stereocenters. The maximum Gasteiger partial charge on any atom is 0.243 e. The molecule has 0 aromatic rings. The Morgan fingerprint density at radius 3 is 2.10 bits per heavy atom. The number of unbranched alkanes of at least 4 members (excludes halogenated alkanes) is 1. The van der Waals surface area contributed by atoms with E-state index >= 15 is 0 Å². The molecule has 0 fully saturated rings. The van der Waals surface area contributed by atoms with Gasteiger partial charge in [-0.3, -0.25) is 14.4 Å². The third kappa shape index (κ3) is 9.01. The molecule has 0 aromatic heterocycles. The summed E-state index contributed by atoms with van der Waals surface area (Å²) in [5.41, 5.74) is 10.7. The monoisotopic (exact) mass is 300 g/mol. The van der Waals surface area contributed by atoms with E-state index in [4.69, 9.17) is 11.5 Å². The van der Waals surface area contributed by atoms with Crippen molar-refractivity contribution in [3.05, 3.63) is 0 Å². The van der Waals surface area contributed by atoms with Crippen LogP contribution < -0.4 is 22.1 Å². The second-order valence-corrected chi connectivity index (χ2v) is 5.63. The van der Waals surface area contributed by atoms with Gasteiger partial charge in [-0.1, -0.05) is 13.8 Å². The molecule has 0 saturated carbocycles. The molecule has 7 nitrogen and oxygen atoms in total. The van der Waals surface area contributed by atoms with E-state index in [1.807, 2.05) is 13.8 Å². The SMILES string of the molecule is CC(=O)N[C@@H](CCCCN)C(=O)N[C@@H](CC(C)C)C(N)=O. The highest BCUT2D eigenvalue weighted by Crippen LogP contribution is 2.06. The first-order valence-corrected chi connectivity index (χ1v) is 7.34. The molecule has 7 heteroatoms. The summed E-state index contributed by atoms with van der Waals surface area (Å²) in [6.07, 6.45) is 2.45. The van der Waals surface area contributed by atoms with Crippen LogP contribution in [-0.2, 0) is 14.4 Å². The largest absolute Gasteiger partial charge is 0.368 e. The highest BCUT2D eigenvalue weighted by atomic mass is 16.2. The van der Waals surface area contributed by atoms with Crippen LogP contribution in [0.4, 0.5) is 0 Å². The third-order valence-corrected chi connectivity index (χ3v) is 3.01. The molecule has 21 heavy (non-hydrogen) atoms. The van der Waals surface area contributed by atoms with E-state index < -0.39 is 18.0 Å². The summed E-state index contributed by atoms with van der Waals surface area (Å²) in [7, 11) is 0. The van der Waals surface area contributed by atoms with Crippen LogP contribution >= 0.6 is 0 Å². The molecule has 122 valence electrons. The Balaban J connectivity index is 4.67. The van der Waals surface area contributed by atoms with E-state index in [1.54, 1.807) is 0 Å². The summed E-state index contributed by atoms with van der Waals surface area (Å²) >= 11 is 0. The van der Waals surface area contributed by atoms with Gasteiger partial charge in [-0.05, 0) is 38.1 Å². The minimum absolute atomic E-state index is 0.222. The zero-order valence-corrected chi connectivity index (χ0v) is 13.1. The molecular formula is C14H28N4O3. The number of primary amides is 1. The predicted octanol–water partition coefficient (Wildman–Crippen LogP) is -0.364. The van der Waals surface area contributed by atoms with E-state index in [1.165, 1.54) is 6.92 Å². The van der Waals surface area contributed by atoms with E-state index in [9.17, 15) is 14.4 Å². The van der Waals surface area contributed by atoms with Gasteiger partial charge >= 0.3 is 0 Å². The number of rotatable bonds is 10. The molecule has 0 aromatic carbocycles. The minimum atomic E-state index is -0.719. The lowest BCUT2D eigenvalue weighted by Crippen LogP contribution is -2.53. The van der Waals surface area contributed by atoms with Crippen LogP contribution in [0.1, 0.15) is 46.5 Å². The molecule has 0 aliphatic heterocycles. The quantitative estimate of drug-likeness (QED) is 0.411. The minimum Gasteiger partial charge on any atom is -0.368 e. The average Bonchev–Trinajstić information content (AvgIpc) is 2.35. The first kappa shape index (κ1) is 19.4. The second kappa shape index (κ2) is 10.1. The number of hydrogen-bond donors (Lipinski definition) is 4. The van der Waals surface area contributed by atoms with Crippen molar-refractivity contribution >= 4 is 17.7 Å². The molecule has 0 bridgehead atoms. The van der Waals surface area contributed by atoms with Crippen LogP contribution in [0.15, 0.2) is 0 Å². The van der Waals surface area contributed by atoms with Crippen LogP contribution in [0.25, 0.3) is 0 Å². The summed E-state index contributed by atoms with van der Waals surface area (Å²) in [5.74, 6) is -1.02. The molecule has 3 amide bonds. The van der Waals surface area contributed by atoms with Gasteiger partial charge < -0.3 is 22.1 Å². The first-order chi connectivity index (χ1) is 9.77. The number of amides is 3. The zero-order valence-electron chi connectivity index (χ0n) is 13.1. The summed E-state index contributed by atoms with van der Waals surface area (Å²) < 4.78 is 0. The molecule has 0 radical (unpaired) electrons. The fourth-order valence-corrected chi connectivity index (χ4v) is 2.00. The molecular weight excluding hydrogens is 272 g/mol. The highest BCUT2D eigenvalue weighted by molar-refractivity contribution is 5.91. The van der Waals surface area contributed by atoms with Gasteiger partial charge in [0.05, 0.1) is 0 Å². The Hall–Kier alpha value is -1.63. The Bertz CT molecular complexity index is 358. The summed E-state index contributed by atoms with van der Waals surface area (Å²) in [6, 6.07) is -1.38. The second-order valence-electron chi connectivity index (χ2n) is 5.63. The molecule has 2 atom stereocenters. The Kier molecular flexibility index (Phi) is 9.36. The lowest BCUT2D eigenvalue weighted by Gasteiger charge is -2.22. The average molecular weight is 300 g/mol. The number of carbonyl (C=O) groups is 3. The third-order valence-electron chi connectivity index (χ3n) is 3.01. The van der Waals surface area contributed by atoms with Gasteiger partial charge in [0.25, 0.3) is 0 Å². The summed E-state index contributed by atoms with van der Waals surface area (Å²) in [6.45, 7) is 5.76. The Morgan fingerprint density at radius 1 is 1.05 bits per heavy atom. The highest BCUT2D eigenvalue weighted by Gasteiger charge is 2.25. The molecule has 0 rings (SSSR count). The van der Waals surface area contributed by atoms with Crippen molar-refractivity contribution < 1.29 is 14.4 Å². The van der Waals surface area contributed by atoms with Crippen LogP contribution in [0.5, 0.6) is 0 Å². The van der Waals surface area contributed by atoms with Gasteiger partial charge in [-0.15, -0.1) is 0 Å². The zero-order chi connectivity index (χ0) is 16.4. The number of nitrogens with one attached hydrogen (secondary N) is 2. The van der Waals surface area contributed by atoms with Crippen LogP contribution in [0.2, 0.25) is 0 Å². The van der Waals surface area contributed by atoms with Crippen LogP contribution in [-0.4, -0.2) is 36.3 Å². The lowest BCUT2D eigenvalue weighted by molar-refractivity contribution is -0.131. The standard InChI is InChI=1S/C14H28N4O3/c1-9(2)8-12(13(16)20)18-14(21)11(17-10(3)19)6-4-5-7-15/h9,11-12H,4-8,15H2,1-3H3,(H2,16,20)(H,17,19)(H,18,21)/t11-,12-/m0/s1. The summed E-state index contributed by atoms with van der Waals surface area (Å²) in [5, 5.41) is 5.21. The molecule has 0 aliphatic rings. The molecule has 0 saturated heterocycles. The fourth-order valence-electron chi connectivity index (χ4n) is 2.00. The van der Waals surface area contributed by atoms with Gasteiger partial charge in [0.15, 0.2) is 0 Å². The molecule has 0 aliphatic carbocycles. The first-order valence-electron chi connectivity index (χ1n) is 7.34. The fraction of sp³-hybridized carbons (Fsp3) is 0.786. The van der Waals surface area contributed by atoms with Crippen molar-refractivity contribution in [3.8, 4) is 0 Å². The van der Waals surface area contributed by atoms with Crippen LogP contribution in [0.3, 0.4) is 0 Å². The van der Waals surface area contributed by atoms with Crippen molar-refractivity contribution in [2.24, 2.45) is 17.4 Å². The van der Waals surface area contributed by atoms with E-state index in [2.05, 4.69) is 10.6 Å². The Morgan fingerprint density at radius 2 is 1.67 bits per heavy atom. The van der Waals surface area contributed by atoms with Gasteiger partial charge in [0, 0.05) is 6.92 Å². The van der Waals surface area contributed by atoms with Crippen molar-refractivity contribution in [2.45, 2.75) is 58.5 Å². The number of carbonyl (C=O) groups excluding carboxylic acids is 3. The normalized spacial score (nSPS) is 13.6. The molecule has 0 spiro atoms. The topological polar surface area (TPSA) is 127 Å². The number of nitrogens with two attached hydrogens (primary N) is 2. The Labute approximate surface area is 126 Å². The van der Waals surface area contributed by atoms with Crippen LogP contribution in [0, 0.1) is 5.92 Å². The lowest BCUT2D eigenvalue weighted by atomic mass is 10.0. The van der Waals surface area contributed by atoms with Crippen molar-refractivity contribution in [3.63, 3.8) is 0 Å². The van der Waals surface area contributed by atoms with Crippen molar-refractivity contribution in [2.75, 3.05) is 6.54 Å². The summed E-state index contributed by atoms with van der Waals surface area (Å²) in [4.78, 5) is 34.8. The van der Waals surface area contributed by atoms with E-state index in [0.717, 1.165) is 12.8 Å². The maximum atomic E-state index is 12.2. The smallest absolute Gasteiger partial charge is 0.243 e. The number of hydrogen-bond acceptors (Lipinski definition) is 4.